The number of hydrogen-bond donors (Lipinski definition) is 1. The van der Waals surface area contributed by atoms with E-state index in [2.05, 4.69) is 26.1 Å². The van der Waals surface area contributed by atoms with Gasteiger partial charge in [0.25, 0.3) is 0 Å². The summed E-state index contributed by atoms with van der Waals surface area (Å²) in [7, 11) is 0. The van der Waals surface area contributed by atoms with Crippen LogP contribution in [0.3, 0.4) is 0 Å². The highest BCUT2D eigenvalue weighted by molar-refractivity contribution is 8.14. The topological polar surface area (TPSA) is 37.5 Å². The molecule has 100 valence electrons. The molecule has 1 unspecified atom stereocenters. The standard InChI is InChI=1S/C14H22N2OS/c1-10(2)13-9-18-14(16-13)15-11(3)6-7-12-5-4-8-17-12/h4-5,8,10-11,13H,6-7,9H2,1-3H3,(H,15,16)/t11?,13-/m1/s1. The Hall–Kier alpha value is -0.900. The van der Waals surface area contributed by atoms with Crippen LogP contribution in [0.25, 0.3) is 0 Å². The van der Waals surface area contributed by atoms with E-state index in [0.29, 0.717) is 18.0 Å². The van der Waals surface area contributed by atoms with Crippen molar-refractivity contribution in [1.29, 1.82) is 0 Å². The van der Waals surface area contributed by atoms with E-state index in [-0.39, 0.29) is 0 Å². The summed E-state index contributed by atoms with van der Waals surface area (Å²) in [5.74, 6) is 2.81. The van der Waals surface area contributed by atoms with Crippen LogP contribution in [-0.2, 0) is 6.42 Å². The van der Waals surface area contributed by atoms with Crippen LogP contribution < -0.4 is 5.32 Å². The molecule has 0 amide bonds. The Balaban J connectivity index is 1.74. The average molecular weight is 266 g/mol. The zero-order chi connectivity index (χ0) is 13.0. The predicted octanol–water partition coefficient (Wildman–Crippen LogP) is 3.32. The third kappa shape index (κ3) is 3.80. The van der Waals surface area contributed by atoms with Gasteiger partial charge in [-0.2, -0.15) is 0 Å². The fourth-order valence-corrected chi connectivity index (χ4v) is 3.19. The van der Waals surface area contributed by atoms with Crippen LogP contribution in [0.2, 0.25) is 0 Å². The Morgan fingerprint density at radius 3 is 2.94 bits per heavy atom. The summed E-state index contributed by atoms with van der Waals surface area (Å²) in [5.41, 5.74) is 0. The van der Waals surface area contributed by atoms with Gasteiger partial charge in [0.15, 0.2) is 5.17 Å². The van der Waals surface area contributed by atoms with Gasteiger partial charge in [0, 0.05) is 18.2 Å². The molecule has 1 aliphatic heterocycles. The first-order valence-electron chi connectivity index (χ1n) is 6.64. The van der Waals surface area contributed by atoms with Gasteiger partial charge in [-0.25, -0.2) is 0 Å². The first kappa shape index (κ1) is 13.5. The molecule has 0 aromatic carbocycles. The second-order valence-electron chi connectivity index (χ2n) is 5.22. The van der Waals surface area contributed by atoms with Crippen LogP contribution in [0.4, 0.5) is 0 Å². The van der Waals surface area contributed by atoms with Gasteiger partial charge in [0.05, 0.1) is 12.3 Å². The lowest BCUT2D eigenvalue weighted by Gasteiger charge is -2.13. The smallest absolute Gasteiger partial charge is 0.157 e. The molecule has 2 atom stereocenters. The third-order valence-corrected chi connectivity index (χ3v) is 4.22. The van der Waals surface area contributed by atoms with E-state index in [1.54, 1.807) is 6.26 Å². The predicted molar refractivity (Wildman–Crippen MR) is 78.1 cm³/mol. The Kier molecular flexibility index (Phi) is 4.75. The lowest BCUT2D eigenvalue weighted by molar-refractivity contribution is 0.483. The zero-order valence-corrected chi connectivity index (χ0v) is 12.2. The highest BCUT2D eigenvalue weighted by atomic mass is 32.2. The number of nitrogens with zero attached hydrogens (tertiary/aromatic N) is 1. The molecule has 0 saturated heterocycles. The van der Waals surface area contributed by atoms with Crippen molar-refractivity contribution in [1.82, 2.24) is 5.32 Å². The number of amidine groups is 1. The van der Waals surface area contributed by atoms with Crippen LogP contribution in [0.5, 0.6) is 0 Å². The number of thioether (sulfide) groups is 1. The summed E-state index contributed by atoms with van der Waals surface area (Å²) in [4.78, 5) is 4.72. The van der Waals surface area contributed by atoms with Crippen molar-refractivity contribution >= 4 is 16.9 Å². The van der Waals surface area contributed by atoms with E-state index in [4.69, 9.17) is 9.41 Å². The summed E-state index contributed by atoms with van der Waals surface area (Å²) in [5, 5.41) is 4.61. The molecule has 1 aromatic rings. The molecule has 0 radical (unpaired) electrons. The van der Waals surface area contributed by atoms with Crippen molar-refractivity contribution in [3.8, 4) is 0 Å². The number of aryl methyl sites for hydroxylation is 1. The van der Waals surface area contributed by atoms with Crippen molar-refractivity contribution in [2.45, 2.75) is 45.7 Å². The lowest BCUT2D eigenvalue weighted by Crippen LogP contribution is -2.30. The van der Waals surface area contributed by atoms with Gasteiger partial charge in [-0.1, -0.05) is 25.6 Å². The van der Waals surface area contributed by atoms with Gasteiger partial charge in [0.1, 0.15) is 5.76 Å². The molecule has 0 spiro atoms. The van der Waals surface area contributed by atoms with Gasteiger partial charge >= 0.3 is 0 Å². The minimum atomic E-state index is 0.437. The van der Waals surface area contributed by atoms with Crippen LogP contribution in [-0.4, -0.2) is 23.0 Å². The fraction of sp³-hybridized carbons (Fsp3) is 0.643. The minimum absolute atomic E-state index is 0.437. The Labute approximate surface area is 113 Å². The number of aliphatic imine (C=N–C) groups is 1. The van der Waals surface area contributed by atoms with Crippen LogP contribution >= 0.6 is 11.8 Å². The molecule has 1 N–H and O–H groups in total. The third-order valence-electron chi connectivity index (χ3n) is 3.22. The molecule has 2 heterocycles. The van der Waals surface area contributed by atoms with Gasteiger partial charge in [-0.05, 0) is 31.4 Å². The second-order valence-corrected chi connectivity index (χ2v) is 6.23. The second kappa shape index (κ2) is 6.32. The molecule has 0 fully saturated rings. The molecule has 1 aliphatic rings. The maximum Gasteiger partial charge on any atom is 0.157 e. The van der Waals surface area contributed by atoms with Gasteiger partial charge in [0.2, 0.25) is 0 Å². The van der Waals surface area contributed by atoms with E-state index in [1.165, 1.54) is 0 Å². The van der Waals surface area contributed by atoms with E-state index < -0.39 is 0 Å². The summed E-state index contributed by atoms with van der Waals surface area (Å²) in [6.45, 7) is 6.67. The van der Waals surface area contributed by atoms with Gasteiger partial charge < -0.3 is 9.73 Å². The molecule has 4 heteroatoms. The molecular formula is C14H22N2OS. The van der Waals surface area contributed by atoms with Crippen LogP contribution in [0.1, 0.15) is 33.0 Å². The summed E-state index contributed by atoms with van der Waals surface area (Å²) >= 11 is 1.85. The van der Waals surface area contributed by atoms with Crippen molar-refractivity contribution in [3.63, 3.8) is 0 Å². The maximum atomic E-state index is 5.34. The Bertz CT molecular complexity index is 387. The molecule has 0 saturated carbocycles. The van der Waals surface area contributed by atoms with Crippen LogP contribution in [0, 0.1) is 5.92 Å². The van der Waals surface area contributed by atoms with E-state index >= 15 is 0 Å². The van der Waals surface area contributed by atoms with E-state index in [9.17, 15) is 0 Å². The fourth-order valence-electron chi connectivity index (χ4n) is 1.91. The molecule has 0 aliphatic carbocycles. The minimum Gasteiger partial charge on any atom is -0.469 e. The molecular weight excluding hydrogens is 244 g/mol. The van der Waals surface area contributed by atoms with Gasteiger partial charge in [-0.15, -0.1) is 0 Å². The van der Waals surface area contributed by atoms with Crippen molar-refractivity contribution < 1.29 is 4.42 Å². The largest absolute Gasteiger partial charge is 0.469 e. The highest BCUT2D eigenvalue weighted by Gasteiger charge is 2.21. The van der Waals surface area contributed by atoms with E-state index in [0.717, 1.165) is 29.5 Å². The number of furan rings is 1. The summed E-state index contributed by atoms with van der Waals surface area (Å²) < 4.78 is 5.34. The monoisotopic (exact) mass is 266 g/mol. The Morgan fingerprint density at radius 1 is 1.50 bits per heavy atom. The molecule has 18 heavy (non-hydrogen) atoms. The summed E-state index contributed by atoms with van der Waals surface area (Å²) in [6.07, 6.45) is 3.78. The molecule has 2 rings (SSSR count). The highest BCUT2D eigenvalue weighted by Crippen LogP contribution is 2.22. The van der Waals surface area contributed by atoms with Crippen molar-refractivity contribution in [3.05, 3.63) is 24.2 Å². The van der Waals surface area contributed by atoms with Gasteiger partial charge in [-0.3, -0.25) is 4.99 Å². The normalized spacial score (nSPS) is 21.1. The number of nitrogens with one attached hydrogen (secondary N) is 1. The molecule has 3 nitrogen and oxygen atoms in total. The Morgan fingerprint density at radius 2 is 2.33 bits per heavy atom. The summed E-state index contributed by atoms with van der Waals surface area (Å²) in [6, 6.07) is 4.89. The van der Waals surface area contributed by atoms with Crippen molar-refractivity contribution in [2.75, 3.05) is 5.75 Å². The molecule has 1 aromatic heterocycles. The lowest BCUT2D eigenvalue weighted by atomic mass is 10.1. The number of hydrogen-bond acceptors (Lipinski definition) is 4. The SMILES string of the molecule is CC(CCc1ccco1)NC1=N[C@@H](C(C)C)CS1. The maximum absolute atomic E-state index is 5.34. The quantitative estimate of drug-likeness (QED) is 0.888. The average Bonchev–Trinajstić information content (AvgIpc) is 2.96. The first-order valence-corrected chi connectivity index (χ1v) is 7.63. The number of rotatable bonds is 5. The molecule has 0 bridgehead atoms. The zero-order valence-electron chi connectivity index (χ0n) is 11.3. The van der Waals surface area contributed by atoms with E-state index in [1.807, 2.05) is 23.9 Å². The first-order chi connectivity index (χ1) is 8.65. The van der Waals surface area contributed by atoms with Crippen molar-refractivity contribution in [2.24, 2.45) is 10.9 Å². The van der Waals surface area contributed by atoms with Crippen LogP contribution in [0.15, 0.2) is 27.8 Å².